The third-order valence-electron chi connectivity index (χ3n) is 2.85. The Hall–Kier alpha value is -2.60. The SMILES string of the molecule is O=C(CCOc1ccc(F)cc1)NNC(=O)c1ccccc1Cl. The third-order valence-corrected chi connectivity index (χ3v) is 3.18. The Balaban J connectivity index is 1.72. The van der Waals surface area contributed by atoms with Gasteiger partial charge in [-0.25, -0.2) is 4.39 Å². The second-order valence-corrected chi connectivity index (χ2v) is 4.94. The Morgan fingerprint density at radius 3 is 2.43 bits per heavy atom. The number of hydrogen-bond acceptors (Lipinski definition) is 3. The van der Waals surface area contributed by atoms with E-state index in [9.17, 15) is 14.0 Å². The van der Waals surface area contributed by atoms with E-state index in [0.717, 1.165) is 0 Å². The molecule has 23 heavy (non-hydrogen) atoms. The molecule has 0 saturated heterocycles. The van der Waals surface area contributed by atoms with Crippen LogP contribution >= 0.6 is 11.6 Å². The van der Waals surface area contributed by atoms with Crippen molar-refractivity contribution in [3.05, 3.63) is 64.9 Å². The van der Waals surface area contributed by atoms with Gasteiger partial charge in [0.2, 0.25) is 5.91 Å². The van der Waals surface area contributed by atoms with Crippen LogP contribution in [0.4, 0.5) is 4.39 Å². The predicted octanol–water partition coefficient (Wildman–Crippen LogP) is 2.71. The quantitative estimate of drug-likeness (QED) is 0.825. The minimum absolute atomic E-state index is 0.0280. The highest BCUT2D eigenvalue weighted by Crippen LogP contribution is 2.14. The summed E-state index contributed by atoms with van der Waals surface area (Å²) in [7, 11) is 0. The van der Waals surface area contributed by atoms with E-state index in [0.29, 0.717) is 10.8 Å². The van der Waals surface area contributed by atoms with E-state index in [1.54, 1.807) is 24.3 Å². The summed E-state index contributed by atoms with van der Waals surface area (Å²) in [5.74, 6) is -0.840. The maximum Gasteiger partial charge on any atom is 0.271 e. The second kappa shape index (κ2) is 8.14. The van der Waals surface area contributed by atoms with Gasteiger partial charge >= 0.3 is 0 Å². The number of ether oxygens (including phenoxy) is 1. The lowest BCUT2D eigenvalue weighted by Crippen LogP contribution is -2.42. The number of carbonyl (C=O) groups excluding carboxylic acids is 2. The molecule has 0 bridgehead atoms. The van der Waals surface area contributed by atoms with Crippen molar-refractivity contribution < 1.29 is 18.7 Å². The second-order valence-electron chi connectivity index (χ2n) is 4.53. The monoisotopic (exact) mass is 336 g/mol. The van der Waals surface area contributed by atoms with Crippen LogP contribution in [-0.4, -0.2) is 18.4 Å². The summed E-state index contributed by atoms with van der Waals surface area (Å²) in [6.45, 7) is 0.0967. The maximum absolute atomic E-state index is 12.7. The van der Waals surface area contributed by atoms with Crippen LogP contribution in [0.3, 0.4) is 0 Å². The van der Waals surface area contributed by atoms with Crippen LogP contribution in [0, 0.1) is 5.82 Å². The lowest BCUT2D eigenvalue weighted by molar-refractivity contribution is -0.122. The lowest BCUT2D eigenvalue weighted by atomic mass is 10.2. The normalized spacial score (nSPS) is 10.0. The topological polar surface area (TPSA) is 67.4 Å². The highest BCUT2D eigenvalue weighted by molar-refractivity contribution is 6.33. The van der Waals surface area contributed by atoms with Gasteiger partial charge < -0.3 is 4.74 Å². The minimum Gasteiger partial charge on any atom is -0.493 e. The molecule has 120 valence electrons. The summed E-state index contributed by atoms with van der Waals surface area (Å²) >= 11 is 5.88. The number of amides is 2. The van der Waals surface area contributed by atoms with E-state index in [-0.39, 0.29) is 24.4 Å². The van der Waals surface area contributed by atoms with Gasteiger partial charge in [-0.05, 0) is 36.4 Å². The number of hydrazine groups is 1. The Bertz CT molecular complexity index is 692. The van der Waals surface area contributed by atoms with Gasteiger partial charge in [-0.3, -0.25) is 20.4 Å². The minimum atomic E-state index is -0.511. The summed E-state index contributed by atoms with van der Waals surface area (Å²) < 4.78 is 18.0. The van der Waals surface area contributed by atoms with Crippen LogP contribution in [0.1, 0.15) is 16.8 Å². The van der Waals surface area contributed by atoms with Gasteiger partial charge in [0.25, 0.3) is 5.91 Å². The molecule has 0 fully saturated rings. The number of benzene rings is 2. The first-order chi connectivity index (χ1) is 11.1. The van der Waals surface area contributed by atoms with E-state index in [2.05, 4.69) is 10.9 Å². The molecule has 2 N–H and O–H groups in total. The van der Waals surface area contributed by atoms with Crippen LogP contribution in [0.5, 0.6) is 5.75 Å². The first kappa shape index (κ1) is 16.8. The fourth-order valence-corrected chi connectivity index (χ4v) is 1.92. The van der Waals surface area contributed by atoms with Crippen LogP contribution in [-0.2, 0) is 4.79 Å². The summed E-state index contributed by atoms with van der Waals surface area (Å²) in [6, 6.07) is 11.9. The number of hydrogen-bond donors (Lipinski definition) is 2. The van der Waals surface area contributed by atoms with Gasteiger partial charge in [-0.1, -0.05) is 23.7 Å². The van der Waals surface area contributed by atoms with Crippen LogP contribution in [0.2, 0.25) is 5.02 Å². The molecule has 0 unspecified atom stereocenters. The molecule has 7 heteroatoms. The fraction of sp³-hybridized carbons (Fsp3) is 0.125. The van der Waals surface area contributed by atoms with Gasteiger partial charge in [0, 0.05) is 0 Å². The van der Waals surface area contributed by atoms with Crippen molar-refractivity contribution in [2.45, 2.75) is 6.42 Å². The molecule has 2 rings (SSSR count). The molecule has 0 spiro atoms. The van der Waals surface area contributed by atoms with E-state index in [1.165, 1.54) is 24.3 Å². The summed E-state index contributed by atoms with van der Waals surface area (Å²) in [5, 5.41) is 0.291. The van der Waals surface area contributed by atoms with Crippen molar-refractivity contribution in [1.29, 1.82) is 0 Å². The maximum atomic E-state index is 12.7. The molecule has 0 aliphatic carbocycles. The molecule has 0 heterocycles. The number of nitrogens with one attached hydrogen (secondary N) is 2. The van der Waals surface area contributed by atoms with E-state index < -0.39 is 11.8 Å². The summed E-state index contributed by atoms with van der Waals surface area (Å²) in [5.41, 5.74) is 4.80. The highest BCUT2D eigenvalue weighted by atomic mass is 35.5. The molecular weight excluding hydrogens is 323 g/mol. The van der Waals surface area contributed by atoms with Crippen molar-refractivity contribution >= 4 is 23.4 Å². The molecule has 0 aliphatic heterocycles. The van der Waals surface area contributed by atoms with E-state index in [4.69, 9.17) is 16.3 Å². The molecular formula is C16H14ClFN2O3. The van der Waals surface area contributed by atoms with Gasteiger partial charge in [0.05, 0.1) is 23.6 Å². The number of rotatable bonds is 5. The lowest BCUT2D eigenvalue weighted by Gasteiger charge is -2.09. The van der Waals surface area contributed by atoms with Crippen LogP contribution in [0.25, 0.3) is 0 Å². The fourth-order valence-electron chi connectivity index (χ4n) is 1.69. The average molecular weight is 337 g/mol. The van der Waals surface area contributed by atoms with E-state index >= 15 is 0 Å². The smallest absolute Gasteiger partial charge is 0.271 e. The zero-order chi connectivity index (χ0) is 16.7. The molecule has 0 aromatic heterocycles. The van der Waals surface area contributed by atoms with Crippen molar-refractivity contribution in [2.75, 3.05) is 6.61 Å². The van der Waals surface area contributed by atoms with Crippen molar-refractivity contribution in [3.8, 4) is 5.75 Å². The summed E-state index contributed by atoms with van der Waals surface area (Å²) in [6.07, 6.45) is 0.0280. The Morgan fingerprint density at radius 1 is 1.04 bits per heavy atom. The molecule has 5 nitrogen and oxygen atoms in total. The molecule has 0 aliphatic rings. The highest BCUT2D eigenvalue weighted by Gasteiger charge is 2.10. The largest absolute Gasteiger partial charge is 0.493 e. The average Bonchev–Trinajstić information content (AvgIpc) is 2.55. The zero-order valence-corrected chi connectivity index (χ0v) is 12.8. The third kappa shape index (κ3) is 5.27. The van der Waals surface area contributed by atoms with Gasteiger partial charge in [0.15, 0.2) is 0 Å². The first-order valence-corrected chi connectivity index (χ1v) is 7.16. The summed E-state index contributed by atoms with van der Waals surface area (Å²) in [4.78, 5) is 23.4. The zero-order valence-electron chi connectivity index (χ0n) is 12.0. The first-order valence-electron chi connectivity index (χ1n) is 6.78. The molecule has 0 radical (unpaired) electrons. The molecule has 2 aromatic carbocycles. The Kier molecular flexibility index (Phi) is 5.94. The Morgan fingerprint density at radius 2 is 1.74 bits per heavy atom. The molecule has 0 atom stereocenters. The van der Waals surface area contributed by atoms with Gasteiger partial charge in [-0.15, -0.1) is 0 Å². The number of halogens is 2. The van der Waals surface area contributed by atoms with Gasteiger partial charge in [-0.2, -0.15) is 0 Å². The standard InChI is InChI=1S/C16H14ClFN2O3/c17-14-4-2-1-3-13(14)16(22)20-19-15(21)9-10-23-12-7-5-11(18)6-8-12/h1-8H,9-10H2,(H,19,21)(H,20,22). The predicted molar refractivity (Wildman–Crippen MR) is 83.6 cm³/mol. The molecule has 0 saturated carbocycles. The van der Waals surface area contributed by atoms with Crippen molar-refractivity contribution in [3.63, 3.8) is 0 Å². The van der Waals surface area contributed by atoms with Crippen LogP contribution in [0.15, 0.2) is 48.5 Å². The van der Waals surface area contributed by atoms with E-state index in [1.807, 2.05) is 0 Å². The van der Waals surface area contributed by atoms with Crippen molar-refractivity contribution in [2.24, 2.45) is 0 Å². The number of carbonyl (C=O) groups is 2. The van der Waals surface area contributed by atoms with Crippen LogP contribution < -0.4 is 15.6 Å². The molecule has 2 aromatic rings. The van der Waals surface area contributed by atoms with Gasteiger partial charge in [0.1, 0.15) is 11.6 Å². The molecule has 2 amide bonds. The van der Waals surface area contributed by atoms with Crippen molar-refractivity contribution in [1.82, 2.24) is 10.9 Å². The Labute approximate surface area is 137 Å².